The van der Waals surface area contributed by atoms with Gasteiger partial charge in [0.2, 0.25) is 5.91 Å². The molecule has 1 aliphatic carbocycles. The van der Waals surface area contributed by atoms with Gasteiger partial charge in [-0.1, -0.05) is 18.9 Å². The number of methoxy groups -OCH3 is 2. The molecule has 1 aliphatic heterocycles. The normalized spacial score (nSPS) is 22.6. The monoisotopic (exact) mass is 410 g/mol. The van der Waals surface area contributed by atoms with Crippen molar-refractivity contribution < 1.29 is 19.0 Å². The van der Waals surface area contributed by atoms with Gasteiger partial charge in [0.15, 0.2) is 11.5 Å². The maximum Gasteiger partial charge on any atom is 0.230 e. The fourth-order valence-electron chi connectivity index (χ4n) is 4.85. The molecule has 1 aromatic heterocycles. The first-order valence-electron chi connectivity index (χ1n) is 10.7. The van der Waals surface area contributed by atoms with Gasteiger partial charge in [-0.15, -0.1) is 0 Å². The lowest BCUT2D eigenvalue weighted by molar-refractivity contribution is -0.127. The van der Waals surface area contributed by atoms with Crippen LogP contribution in [0.15, 0.2) is 42.7 Å². The summed E-state index contributed by atoms with van der Waals surface area (Å²) in [6.07, 6.45) is 8.27. The van der Waals surface area contributed by atoms with Crippen molar-refractivity contribution in [2.45, 2.75) is 43.6 Å². The van der Waals surface area contributed by atoms with Crippen LogP contribution in [0.4, 0.5) is 0 Å². The Bertz CT molecular complexity index is 865. The Labute approximate surface area is 177 Å². The predicted molar refractivity (Wildman–Crippen MR) is 114 cm³/mol. The third-order valence-electron chi connectivity index (χ3n) is 6.59. The molecule has 0 radical (unpaired) electrons. The average Bonchev–Trinajstić information content (AvgIpc) is 3.45. The van der Waals surface area contributed by atoms with Crippen molar-refractivity contribution in [3.8, 4) is 11.5 Å². The molecule has 0 spiro atoms. The number of benzene rings is 1. The molecule has 0 bridgehead atoms. The third kappa shape index (κ3) is 4.01. The predicted octanol–water partition coefficient (Wildman–Crippen LogP) is 3.28. The molecule has 1 N–H and O–H groups in total. The number of aromatic nitrogens is 1. The number of hydrogen-bond donors (Lipinski definition) is 1. The Morgan fingerprint density at radius 1 is 1.10 bits per heavy atom. The minimum Gasteiger partial charge on any atom is -0.493 e. The van der Waals surface area contributed by atoms with E-state index in [9.17, 15) is 4.79 Å². The fourth-order valence-corrected chi connectivity index (χ4v) is 4.85. The van der Waals surface area contributed by atoms with Gasteiger partial charge < -0.3 is 19.5 Å². The molecule has 1 aromatic carbocycles. The van der Waals surface area contributed by atoms with E-state index in [0.717, 1.165) is 37.7 Å². The number of carbonyl (C=O) groups excluding carboxylic acids is 1. The highest BCUT2D eigenvalue weighted by molar-refractivity contribution is 5.89. The highest BCUT2D eigenvalue weighted by Crippen LogP contribution is 2.44. The lowest BCUT2D eigenvalue weighted by atomic mass is 9.77. The molecule has 160 valence electrons. The Balaban J connectivity index is 1.54. The number of rotatable bonds is 7. The van der Waals surface area contributed by atoms with Gasteiger partial charge in [0.05, 0.1) is 38.9 Å². The van der Waals surface area contributed by atoms with Gasteiger partial charge in [0, 0.05) is 18.3 Å². The maximum atomic E-state index is 13.6. The van der Waals surface area contributed by atoms with Crippen LogP contribution in [0, 0.1) is 5.92 Å². The molecule has 2 aromatic rings. The summed E-state index contributed by atoms with van der Waals surface area (Å²) in [6.45, 7) is 1.22. The van der Waals surface area contributed by atoms with Crippen LogP contribution < -0.4 is 14.8 Å². The molecule has 2 fully saturated rings. The zero-order valence-electron chi connectivity index (χ0n) is 17.7. The van der Waals surface area contributed by atoms with Crippen LogP contribution in [-0.4, -0.2) is 44.4 Å². The van der Waals surface area contributed by atoms with E-state index in [1.807, 2.05) is 42.7 Å². The Morgan fingerprint density at radius 2 is 1.83 bits per heavy atom. The number of pyridine rings is 1. The average molecular weight is 411 g/mol. The van der Waals surface area contributed by atoms with Crippen molar-refractivity contribution >= 4 is 5.91 Å². The summed E-state index contributed by atoms with van der Waals surface area (Å²) in [6, 6.07) is 9.93. The number of ether oxygens (including phenoxy) is 3. The van der Waals surface area contributed by atoms with Crippen LogP contribution in [0.5, 0.6) is 11.5 Å². The van der Waals surface area contributed by atoms with E-state index in [1.165, 1.54) is 5.56 Å². The number of amides is 1. The quantitative estimate of drug-likeness (QED) is 0.759. The Hall–Kier alpha value is -2.60. The van der Waals surface area contributed by atoms with Gasteiger partial charge >= 0.3 is 0 Å². The molecule has 2 aliphatic rings. The van der Waals surface area contributed by atoms with Crippen molar-refractivity contribution in [3.63, 3.8) is 0 Å². The standard InChI is InChI=1S/C24H30N2O4/c1-28-21-6-5-19(14-22(21)29-2)24(9-3-4-10-24)23(27)26-20-16-30-15-18(20)13-17-7-11-25-12-8-17/h5-8,11-12,14,18,20H,3-4,9-10,13,15-16H2,1-2H3,(H,26,27)/t18-,20+/m1/s1. The molecule has 0 unspecified atom stereocenters. The van der Waals surface area contributed by atoms with Crippen LogP contribution in [0.2, 0.25) is 0 Å². The van der Waals surface area contributed by atoms with Crippen LogP contribution in [0.25, 0.3) is 0 Å². The smallest absolute Gasteiger partial charge is 0.230 e. The lowest BCUT2D eigenvalue weighted by Gasteiger charge is -2.31. The van der Waals surface area contributed by atoms with E-state index in [0.29, 0.717) is 24.7 Å². The van der Waals surface area contributed by atoms with Crippen molar-refractivity contribution in [2.24, 2.45) is 5.92 Å². The van der Waals surface area contributed by atoms with Crippen LogP contribution in [-0.2, 0) is 21.4 Å². The Kier molecular flexibility index (Phi) is 6.23. The largest absolute Gasteiger partial charge is 0.493 e. The van der Waals surface area contributed by atoms with Crippen LogP contribution in [0.3, 0.4) is 0 Å². The first kappa shape index (κ1) is 20.7. The maximum absolute atomic E-state index is 13.6. The summed E-state index contributed by atoms with van der Waals surface area (Å²) in [5, 5.41) is 3.34. The van der Waals surface area contributed by atoms with Crippen LogP contribution >= 0.6 is 0 Å². The summed E-state index contributed by atoms with van der Waals surface area (Å²) in [4.78, 5) is 17.7. The molecule has 1 saturated carbocycles. The van der Waals surface area contributed by atoms with Gasteiger partial charge in [-0.2, -0.15) is 0 Å². The first-order valence-corrected chi connectivity index (χ1v) is 10.7. The minimum atomic E-state index is -0.524. The number of hydrogen-bond acceptors (Lipinski definition) is 5. The molecule has 4 rings (SSSR count). The molecule has 1 saturated heterocycles. The van der Waals surface area contributed by atoms with Gasteiger partial charge in [0.1, 0.15) is 0 Å². The SMILES string of the molecule is COc1ccc(C2(C(=O)N[C@H]3COC[C@H]3Cc3ccncc3)CCCC2)cc1OC. The second kappa shape index (κ2) is 9.04. The summed E-state index contributed by atoms with van der Waals surface area (Å²) in [5.74, 6) is 1.70. The summed E-state index contributed by atoms with van der Waals surface area (Å²) >= 11 is 0. The molecule has 1 amide bonds. The first-order chi connectivity index (χ1) is 14.7. The fraction of sp³-hybridized carbons (Fsp3) is 0.500. The van der Waals surface area contributed by atoms with Crippen molar-refractivity contribution in [3.05, 3.63) is 53.9 Å². The zero-order valence-corrected chi connectivity index (χ0v) is 17.7. The van der Waals surface area contributed by atoms with E-state index in [4.69, 9.17) is 14.2 Å². The second-order valence-corrected chi connectivity index (χ2v) is 8.30. The molecular weight excluding hydrogens is 380 g/mol. The molecule has 2 heterocycles. The highest BCUT2D eigenvalue weighted by Gasteiger charge is 2.45. The summed E-state index contributed by atoms with van der Waals surface area (Å²) in [5.41, 5.74) is 1.69. The van der Waals surface area contributed by atoms with E-state index in [1.54, 1.807) is 14.2 Å². The van der Waals surface area contributed by atoms with E-state index in [2.05, 4.69) is 10.3 Å². The molecule has 2 atom stereocenters. The van der Waals surface area contributed by atoms with Crippen molar-refractivity contribution in [1.29, 1.82) is 0 Å². The van der Waals surface area contributed by atoms with E-state index < -0.39 is 5.41 Å². The number of nitrogens with one attached hydrogen (secondary N) is 1. The van der Waals surface area contributed by atoms with E-state index in [-0.39, 0.29) is 17.9 Å². The summed E-state index contributed by atoms with van der Waals surface area (Å²) in [7, 11) is 3.25. The second-order valence-electron chi connectivity index (χ2n) is 8.30. The van der Waals surface area contributed by atoms with Gasteiger partial charge in [0.25, 0.3) is 0 Å². The van der Waals surface area contributed by atoms with E-state index >= 15 is 0 Å². The number of carbonyl (C=O) groups is 1. The van der Waals surface area contributed by atoms with Gasteiger partial charge in [-0.05, 0) is 54.7 Å². The lowest BCUT2D eigenvalue weighted by Crippen LogP contribution is -2.49. The Morgan fingerprint density at radius 3 is 2.53 bits per heavy atom. The van der Waals surface area contributed by atoms with Gasteiger partial charge in [-0.25, -0.2) is 0 Å². The van der Waals surface area contributed by atoms with Gasteiger partial charge in [-0.3, -0.25) is 9.78 Å². The number of nitrogens with zero attached hydrogens (tertiary/aromatic N) is 1. The zero-order chi connectivity index (χ0) is 21.0. The minimum absolute atomic E-state index is 0.0169. The highest BCUT2D eigenvalue weighted by atomic mass is 16.5. The molecule has 6 nitrogen and oxygen atoms in total. The van der Waals surface area contributed by atoms with Crippen molar-refractivity contribution in [2.75, 3.05) is 27.4 Å². The van der Waals surface area contributed by atoms with Crippen molar-refractivity contribution in [1.82, 2.24) is 10.3 Å². The third-order valence-corrected chi connectivity index (χ3v) is 6.59. The topological polar surface area (TPSA) is 69.7 Å². The molecule has 6 heteroatoms. The summed E-state index contributed by atoms with van der Waals surface area (Å²) < 4.78 is 16.6. The van der Waals surface area contributed by atoms with Crippen LogP contribution in [0.1, 0.15) is 36.8 Å². The molecular formula is C24H30N2O4. The molecule has 30 heavy (non-hydrogen) atoms.